The number of halogens is 1. The van der Waals surface area contributed by atoms with Crippen molar-refractivity contribution in [1.82, 2.24) is 0 Å². The molecule has 0 heterocycles. The van der Waals surface area contributed by atoms with E-state index in [1.165, 1.54) is 0 Å². The molecule has 0 saturated carbocycles. The maximum Gasteiger partial charge on any atom is 0.277 e. The van der Waals surface area contributed by atoms with Crippen LogP contribution >= 0.6 is 15.9 Å². The van der Waals surface area contributed by atoms with E-state index in [1.807, 2.05) is 31.2 Å². The largest absolute Gasteiger partial charge is 0.481 e. The standard InChI is InChI=1S/C10H11BrO2/c1-2-13-10(12)7-8-3-5-9(11)6-4-8/h3-7,12H,2H2,1H3/b10-7+. The van der Waals surface area contributed by atoms with Crippen molar-refractivity contribution in [3.63, 3.8) is 0 Å². The zero-order valence-electron chi connectivity index (χ0n) is 7.33. The SMILES string of the molecule is CCO/C(O)=C/c1ccc(Br)cc1. The molecule has 0 atom stereocenters. The average molecular weight is 243 g/mol. The Morgan fingerprint density at radius 3 is 2.62 bits per heavy atom. The van der Waals surface area contributed by atoms with Crippen LogP contribution in [0.3, 0.4) is 0 Å². The Balaban J connectivity index is 2.73. The summed E-state index contributed by atoms with van der Waals surface area (Å²) >= 11 is 3.33. The topological polar surface area (TPSA) is 29.5 Å². The van der Waals surface area contributed by atoms with E-state index in [9.17, 15) is 5.11 Å². The molecule has 1 N–H and O–H groups in total. The molecular weight excluding hydrogens is 232 g/mol. The zero-order valence-corrected chi connectivity index (χ0v) is 8.91. The summed E-state index contributed by atoms with van der Waals surface area (Å²) in [5.41, 5.74) is 0.911. The summed E-state index contributed by atoms with van der Waals surface area (Å²) in [6.45, 7) is 2.30. The second kappa shape index (κ2) is 4.92. The van der Waals surface area contributed by atoms with Gasteiger partial charge in [0.2, 0.25) is 0 Å². The van der Waals surface area contributed by atoms with Crippen molar-refractivity contribution >= 4 is 22.0 Å². The van der Waals surface area contributed by atoms with E-state index in [-0.39, 0.29) is 5.95 Å². The fourth-order valence-corrected chi connectivity index (χ4v) is 1.16. The van der Waals surface area contributed by atoms with Gasteiger partial charge in [-0.3, -0.25) is 0 Å². The number of hydrogen-bond donors (Lipinski definition) is 1. The summed E-state index contributed by atoms with van der Waals surface area (Å²) in [6, 6.07) is 7.59. The van der Waals surface area contributed by atoms with Gasteiger partial charge in [0.1, 0.15) is 0 Å². The quantitative estimate of drug-likeness (QED) is 0.825. The summed E-state index contributed by atoms with van der Waals surface area (Å²) in [5.74, 6) is -0.0511. The second-order valence-electron chi connectivity index (χ2n) is 2.47. The second-order valence-corrected chi connectivity index (χ2v) is 3.38. The number of aliphatic hydroxyl groups is 1. The predicted molar refractivity (Wildman–Crippen MR) is 56.4 cm³/mol. The highest BCUT2D eigenvalue weighted by molar-refractivity contribution is 9.10. The van der Waals surface area contributed by atoms with E-state index in [4.69, 9.17) is 4.74 Å². The summed E-state index contributed by atoms with van der Waals surface area (Å²) in [4.78, 5) is 0. The number of benzene rings is 1. The average Bonchev–Trinajstić information content (AvgIpc) is 2.09. The van der Waals surface area contributed by atoms with Gasteiger partial charge in [0.25, 0.3) is 5.95 Å². The van der Waals surface area contributed by atoms with Crippen LogP contribution in [0.2, 0.25) is 0 Å². The zero-order chi connectivity index (χ0) is 9.68. The Bertz CT molecular complexity index is 290. The molecule has 0 aliphatic rings. The molecule has 1 aromatic carbocycles. The van der Waals surface area contributed by atoms with Crippen LogP contribution in [0.15, 0.2) is 34.7 Å². The minimum Gasteiger partial charge on any atom is -0.481 e. The molecule has 0 aliphatic carbocycles. The van der Waals surface area contributed by atoms with Gasteiger partial charge in [-0.15, -0.1) is 0 Å². The molecule has 0 spiro atoms. The molecule has 70 valence electrons. The fraction of sp³-hybridized carbons (Fsp3) is 0.200. The van der Waals surface area contributed by atoms with Crippen LogP contribution < -0.4 is 0 Å². The van der Waals surface area contributed by atoms with Gasteiger partial charge >= 0.3 is 0 Å². The molecule has 3 heteroatoms. The van der Waals surface area contributed by atoms with Crippen LogP contribution in [0.1, 0.15) is 12.5 Å². The van der Waals surface area contributed by atoms with Crippen molar-refractivity contribution in [3.8, 4) is 0 Å². The third kappa shape index (κ3) is 3.51. The molecule has 2 nitrogen and oxygen atoms in total. The van der Waals surface area contributed by atoms with E-state index in [0.717, 1.165) is 10.0 Å². The normalized spacial score (nSPS) is 11.4. The van der Waals surface area contributed by atoms with Crippen molar-refractivity contribution < 1.29 is 9.84 Å². The summed E-state index contributed by atoms with van der Waals surface area (Å²) in [5, 5.41) is 9.20. The van der Waals surface area contributed by atoms with Gasteiger partial charge in [-0.05, 0) is 24.6 Å². The van der Waals surface area contributed by atoms with Crippen molar-refractivity contribution in [2.24, 2.45) is 0 Å². The summed E-state index contributed by atoms with van der Waals surface area (Å²) in [6.07, 6.45) is 1.58. The summed E-state index contributed by atoms with van der Waals surface area (Å²) in [7, 11) is 0. The maximum absolute atomic E-state index is 9.20. The first-order valence-corrected chi connectivity index (χ1v) is 4.80. The van der Waals surface area contributed by atoms with E-state index in [2.05, 4.69) is 15.9 Å². The highest BCUT2D eigenvalue weighted by Gasteiger charge is 1.93. The number of rotatable bonds is 3. The highest BCUT2D eigenvalue weighted by atomic mass is 79.9. The van der Waals surface area contributed by atoms with Gasteiger partial charge in [-0.2, -0.15) is 0 Å². The van der Waals surface area contributed by atoms with Gasteiger partial charge < -0.3 is 9.84 Å². The number of ether oxygens (including phenoxy) is 1. The lowest BCUT2D eigenvalue weighted by Crippen LogP contribution is -1.89. The molecule has 0 fully saturated rings. The molecule has 0 unspecified atom stereocenters. The Morgan fingerprint density at radius 2 is 2.08 bits per heavy atom. The third-order valence-corrected chi connectivity index (χ3v) is 1.98. The van der Waals surface area contributed by atoms with Crippen molar-refractivity contribution in [1.29, 1.82) is 0 Å². The first-order valence-electron chi connectivity index (χ1n) is 4.01. The fourth-order valence-electron chi connectivity index (χ4n) is 0.891. The van der Waals surface area contributed by atoms with Gasteiger partial charge in [0.05, 0.1) is 6.61 Å². The smallest absolute Gasteiger partial charge is 0.277 e. The number of aliphatic hydroxyl groups excluding tert-OH is 1. The molecular formula is C10H11BrO2. The van der Waals surface area contributed by atoms with Crippen LogP contribution in [0.4, 0.5) is 0 Å². The van der Waals surface area contributed by atoms with Crippen LogP contribution in [-0.4, -0.2) is 11.7 Å². The Labute approximate surface area is 86.0 Å². The highest BCUT2D eigenvalue weighted by Crippen LogP contribution is 2.12. The Hall–Kier alpha value is -0.960. The predicted octanol–water partition coefficient (Wildman–Crippen LogP) is 3.34. The van der Waals surface area contributed by atoms with Crippen molar-refractivity contribution in [3.05, 3.63) is 40.2 Å². The maximum atomic E-state index is 9.20. The van der Waals surface area contributed by atoms with Gasteiger partial charge in [-0.1, -0.05) is 28.1 Å². The Morgan fingerprint density at radius 1 is 1.46 bits per heavy atom. The minimum atomic E-state index is -0.0511. The molecule has 0 aromatic heterocycles. The molecule has 0 radical (unpaired) electrons. The Kier molecular flexibility index (Phi) is 3.83. The molecule has 1 aromatic rings. The van der Waals surface area contributed by atoms with E-state index in [0.29, 0.717) is 6.61 Å². The molecule has 0 amide bonds. The van der Waals surface area contributed by atoms with Crippen LogP contribution in [0, 0.1) is 0 Å². The van der Waals surface area contributed by atoms with Crippen molar-refractivity contribution in [2.75, 3.05) is 6.61 Å². The first-order chi connectivity index (χ1) is 6.22. The van der Waals surface area contributed by atoms with Gasteiger partial charge in [0, 0.05) is 10.5 Å². The van der Waals surface area contributed by atoms with Crippen molar-refractivity contribution in [2.45, 2.75) is 6.92 Å². The van der Waals surface area contributed by atoms with Crippen LogP contribution in [0.5, 0.6) is 0 Å². The van der Waals surface area contributed by atoms with Crippen LogP contribution in [0.25, 0.3) is 6.08 Å². The monoisotopic (exact) mass is 242 g/mol. The molecule has 0 saturated heterocycles. The third-order valence-electron chi connectivity index (χ3n) is 1.45. The van der Waals surface area contributed by atoms with E-state index < -0.39 is 0 Å². The molecule has 13 heavy (non-hydrogen) atoms. The van der Waals surface area contributed by atoms with Gasteiger partial charge in [-0.25, -0.2) is 0 Å². The van der Waals surface area contributed by atoms with E-state index in [1.54, 1.807) is 6.08 Å². The first kappa shape index (κ1) is 10.1. The number of hydrogen-bond acceptors (Lipinski definition) is 2. The molecule has 0 bridgehead atoms. The lowest BCUT2D eigenvalue weighted by atomic mass is 10.2. The lowest BCUT2D eigenvalue weighted by molar-refractivity contribution is 0.107. The van der Waals surface area contributed by atoms with Crippen LogP contribution in [-0.2, 0) is 4.74 Å². The minimum absolute atomic E-state index is 0.0511. The van der Waals surface area contributed by atoms with E-state index >= 15 is 0 Å². The molecule has 0 aliphatic heterocycles. The molecule has 1 rings (SSSR count). The van der Waals surface area contributed by atoms with Gasteiger partial charge in [0.15, 0.2) is 0 Å². The summed E-state index contributed by atoms with van der Waals surface area (Å²) < 4.78 is 5.90. The lowest BCUT2D eigenvalue weighted by Gasteiger charge is -2.00.